The second kappa shape index (κ2) is 6.30. The van der Waals surface area contributed by atoms with Gasteiger partial charge in [0.15, 0.2) is 0 Å². The Morgan fingerprint density at radius 1 is 1.05 bits per heavy atom. The molecule has 0 spiro atoms. The van der Waals surface area contributed by atoms with Crippen molar-refractivity contribution in [2.24, 2.45) is 5.92 Å². The van der Waals surface area contributed by atoms with Crippen molar-refractivity contribution in [3.05, 3.63) is 71.0 Å². The number of rotatable bonds is 5. The van der Waals surface area contributed by atoms with Crippen molar-refractivity contribution in [2.45, 2.75) is 32.6 Å². The van der Waals surface area contributed by atoms with E-state index in [0.29, 0.717) is 17.0 Å². The van der Waals surface area contributed by atoms with Crippen LogP contribution in [0.3, 0.4) is 0 Å². The average Bonchev–Trinajstić information content (AvgIpc) is 2.47. The minimum absolute atomic E-state index is 0.372. The number of hydrogen-bond acceptors (Lipinski definition) is 1. The van der Waals surface area contributed by atoms with Gasteiger partial charge in [0.2, 0.25) is 0 Å². The molecule has 0 aliphatic carbocycles. The molecule has 0 heterocycles. The minimum Gasteiger partial charge on any atom is -0.480 e. The van der Waals surface area contributed by atoms with Crippen LogP contribution in [0.4, 0.5) is 4.39 Å². The van der Waals surface area contributed by atoms with Gasteiger partial charge >= 0.3 is 5.97 Å². The van der Waals surface area contributed by atoms with Crippen molar-refractivity contribution in [2.75, 3.05) is 0 Å². The lowest BCUT2D eigenvalue weighted by atomic mass is 9.76. The SMILES string of the molecule is CC(C)Cc1ccc(C(C)(C(=O)O)c2ccc(F)cc2)cc1. The third-order valence-electron chi connectivity index (χ3n) is 4.02. The lowest BCUT2D eigenvalue weighted by molar-refractivity contribution is -0.141. The summed E-state index contributed by atoms with van der Waals surface area (Å²) in [5.74, 6) is -0.770. The van der Waals surface area contributed by atoms with E-state index in [-0.39, 0.29) is 5.82 Å². The van der Waals surface area contributed by atoms with Crippen molar-refractivity contribution < 1.29 is 14.3 Å². The van der Waals surface area contributed by atoms with Gasteiger partial charge in [-0.3, -0.25) is 4.79 Å². The van der Waals surface area contributed by atoms with Crippen LogP contribution in [-0.4, -0.2) is 11.1 Å². The highest BCUT2D eigenvalue weighted by Gasteiger charge is 2.37. The highest BCUT2D eigenvalue weighted by molar-refractivity contribution is 5.85. The average molecular weight is 300 g/mol. The molecule has 2 rings (SSSR count). The van der Waals surface area contributed by atoms with Crippen LogP contribution in [0.2, 0.25) is 0 Å². The molecule has 0 bridgehead atoms. The highest BCUT2D eigenvalue weighted by Crippen LogP contribution is 2.33. The summed E-state index contributed by atoms with van der Waals surface area (Å²) in [6, 6.07) is 13.3. The Balaban J connectivity index is 2.43. The first kappa shape index (κ1) is 16.2. The van der Waals surface area contributed by atoms with Crippen molar-refractivity contribution in [3.8, 4) is 0 Å². The van der Waals surface area contributed by atoms with Crippen LogP contribution in [0, 0.1) is 11.7 Å². The largest absolute Gasteiger partial charge is 0.480 e. The van der Waals surface area contributed by atoms with Gasteiger partial charge in [0.1, 0.15) is 11.2 Å². The molecule has 1 N–H and O–H groups in total. The monoisotopic (exact) mass is 300 g/mol. The van der Waals surface area contributed by atoms with E-state index in [1.54, 1.807) is 6.92 Å². The number of halogens is 1. The Morgan fingerprint density at radius 3 is 1.91 bits per heavy atom. The van der Waals surface area contributed by atoms with Gasteiger partial charge in [-0.2, -0.15) is 0 Å². The lowest BCUT2D eigenvalue weighted by Gasteiger charge is -2.26. The molecule has 2 aromatic rings. The van der Waals surface area contributed by atoms with E-state index in [1.807, 2.05) is 24.3 Å². The zero-order chi connectivity index (χ0) is 16.3. The fourth-order valence-corrected chi connectivity index (χ4v) is 2.64. The van der Waals surface area contributed by atoms with Crippen LogP contribution in [0.1, 0.15) is 37.5 Å². The number of carbonyl (C=O) groups is 1. The molecule has 116 valence electrons. The molecule has 0 aromatic heterocycles. The third kappa shape index (κ3) is 3.19. The predicted octanol–water partition coefficient (Wildman–Crippen LogP) is 4.41. The number of carboxylic acids is 1. The molecule has 0 aliphatic heterocycles. The second-order valence-corrected chi connectivity index (χ2v) is 6.23. The van der Waals surface area contributed by atoms with Crippen LogP contribution in [0.25, 0.3) is 0 Å². The van der Waals surface area contributed by atoms with Crippen LogP contribution >= 0.6 is 0 Å². The molecular formula is C19H21FO2. The number of hydrogen-bond donors (Lipinski definition) is 1. The summed E-state index contributed by atoms with van der Waals surface area (Å²) in [4.78, 5) is 11.9. The predicted molar refractivity (Wildman–Crippen MR) is 85.5 cm³/mol. The minimum atomic E-state index is -1.19. The summed E-state index contributed by atoms with van der Waals surface area (Å²) in [6.07, 6.45) is 0.959. The molecule has 3 heteroatoms. The van der Waals surface area contributed by atoms with Crippen molar-refractivity contribution in [1.82, 2.24) is 0 Å². The Hall–Kier alpha value is -2.16. The molecular weight excluding hydrogens is 279 g/mol. The Morgan fingerprint density at radius 2 is 1.50 bits per heavy atom. The first-order valence-electron chi connectivity index (χ1n) is 7.43. The van der Waals surface area contributed by atoms with E-state index < -0.39 is 11.4 Å². The maximum Gasteiger partial charge on any atom is 0.318 e. The van der Waals surface area contributed by atoms with E-state index in [1.165, 1.54) is 29.8 Å². The van der Waals surface area contributed by atoms with Gasteiger partial charge in [-0.05, 0) is 48.1 Å². The molecule has 0 fully saturated rings. The number of aliphatic carboxylic acids is 1. The van der Waals surface area contributed by atoms with Crippen LogP contribution in [0.15, 0.2) is 48.5 Å². The van der Waals surface area contributed by atoms with Gasteiger partial charge in [-0.1, -0.05) is 50.2 Å². The molecule has 0 saturated carbocycles. The van der Waals surface area contributed by atoms with Gasteiger partial charge in [0.05, 0.1) is 0 Å². The summed E-state index contributed by atoms with van der Waals surface area (Å²) in [6.45, 7) is 5.95. The topological polar surface area (TPSA) is 37.3 Å². The normalized spacial score (nSPS) is 13.9. The van der Waals surface area contributed by atoms with Gasteiger partial charge in [-0.25, -0.2) is 4.39 Å². The van der Waals surface area contributed by atoms with Gasteiger partial charge in [0.25, 0.3) is 0 Å². The Bertz CT molecular complexity index is 644. The molecule has 0 saturated heterocycles. The molecule has 1 unspecified atom stereocenters. The zero-order valence-electron chi connectivity index (χ0n) is 13.1. The van der Waals surface area contributed by atoms with Gasteiger partial charge < -0.3 is 5.11 Å². The summed E-state index contributed by atoms with van der Waals surface area (Å²) >= 11 is 0. The fraction of sp³-hybridized carbons (Fsp3) is 0.316. The molecule has 0 amide bonds. The van der Waals surface area contributed by atoms with Gasteiger partial charge in [0, 0.05) is 0 Å². The lowest BCUT2D eigenvalue weighted by Crippen LogP contribution is -2.33. The smallest absolute Gasteiger partial charge is 0.318 e. The zero-order valence-corrected chi connectivity index (χ0v) is 13.1. The van der Waals surface area contributed by atoms with E-state index in [4.69, 9.17) is 0 Å². The molecule has 0 radical (unpaired) electrons. The van der Waals surface area contributed by atoms with Crippen molar-refractivity contribution >= 4 is 5.97 Å². The molecule has 0 aliphatic rings. The second-order valence-electron chi connectivity index (χ2n) is 6.23. The van der Waals surface area contributed by atoms with Crippen molar-refractivity contribution in [3.63, 3.8) is 0 Å². The fourth-order valence-electron chi connectivity index (χ4n) is 2.64. The van der Waals surface area contributed by atoms with E-state index >= 15 is 0 Å². The van der Waals surface area contributed by atoms with Gasteiger partial charge in [-0.15, -0.1) is 0 Å². The van der Waals surface area contributed by atoms with Crippen LogP contribution in [0.5, 0.6) is 0 Å². The molecule has 2 nitrogen and oxygen atoms in total. The molecule has 1 atom stereocenters. The first-order valence-corrected chi connectivity index (χ1v) is 7.43. The summed E-state index contributed by atoms with van der Waals surface area (Å²) in [5.41, 5.74) is 1.26. The van der Waals surface area contributed by atoms with E-state index in [9.17, 15) is 14.3 Å². The number of carboxylic acid groups (broad SMARTS) is 1. The highest BCUT2D eigenvalue weighted by atomic mass is 19.1. The molecule has 22 heavy (non-hydrogen) atoms. The maximum absolute atomic E-state index is 13.1. The van der Waals surface area contributed by atoms with Crippen LogP contribution in [-0.2, 0) is 16.6 Å². The van der Waals surface area contributed by atoms with Crippen molar-refractivity contribution in [1.29, 1.82) is 0 Å². The third-order valence-corrected chi connectivity index (χ3v) is 4.02. The first-order chi connectivity index (χ1) is 10.3. The maximum atomic E-state index is 13.1. The van der Waals surface area contributed by atoms with E-state index in [0.717, 1.165) is 6.42 Å². The summed E-state index contributed by atoms with van der Waals surface area (Å²) in [5, 5.41) is 9.73. The quantitative estimate of drug-likeness (QED) is 0.887. The summed E-state index contributed by atoms with van der Waals surface area (Å²) < 4.78 is 13.1. The Kier molecular flexibility index (Phi) is 4.65. The standard InChI is InChI=1S/C19H21FO2/c1-13(2)12-14-4-6-15(7-5-14)19(3,18(21)22)16-8-10-17(20)11-9-16/h4-11,13H,12H2,1-3H3,(H,21,22). The van der Waals surface area contributed by atoms with E-state index in [2.05, 4.69) is 13.8 Å². The molecule has 2 aromatic carbocycles. The number of benzene rings is 2. The summed E-state index contributed by atoms with van der Waals surface area (Å²) in [7, 11) is 0. The Labute approximate surface area is 130 Å². The van der Waals surface area contributed by atoms with Crippen LogP contribution < -0.4 is 0 Å².